The number of nitrogens with two attached hydrogens (primary N) is 1. The molecule has 0 aliphatic carbocycles. The molecule has 102 valence electrons. The summed E-state index contributed by atoms with van der Waals surface area (Å²) in [5.41, 5.74) is 5.43. The molecule has 4 nitrogen and oxygen atoms in total. The van der Waals surface area contributed by atoms with Crippen molar-refractivity contribution in [1.82, 2.24) is 0 Å². The first-order valence-electron chi connectivity index (χ1n) is 6.80. The predicted molar refractivity (Wildman–Crippen MR) is 66.3 cm³/mol. The Morgan fingerprint density at radius 1 is 1.06 bits per heavy atom. The Balaban J connectivity index is 0. The number of ether oxygens (including phenoxy) is 1. The maximum absolute atomic E-state index is 10.1. The molecule has 0 saturated carbocycles. The summed E-state index contributed by atoms with van der Waals surface area (Å²) in [5.74, 6) is 0. The second kappa shape index (κ2) is 15.3. The zero-order valence-electron chi connectivity index (χ0n) is 12.0. The smallest absolute Gasteiger partial charge is 0.532 e. The van der Waals surface area contributed by atoms with Crippen LogP contribution in [0.1, 0.15) is 71.1 Å². The molecule has 0 aliphatic heterocycles. The summed E-state index contributed by atoms with van der Waals surface area (Å²) < 4.78 is 4.31. The summed E-state index contributed by atoms with van der Waals surface area (Å²) in [6.07, 6.45) is 9.43. The quantitative estimate of drug-likeness (QED) is 0.238. The average molecular weight is 267 g/mol. The van der Waals surface area contributed by atoms with Gasteiger partial charge in [0.05, 0.1) is 6.23 Å². The summed E-state index contributed by atoms with van der Waals surface area (Å²) in [6.45, 7) is 2.22. The molecule has 0 rings (SSSR count). The number of hydrogen-bond donors (Lipinski definition) is 1. The monoisotopic (exact) mass is 267 g/mol. The van der Waals surface area contributed by atoms with Crippen LogP contribution >= 0.6 is 0 Å². The van der Waals surface area contributed by atoms with Gasteiger partial charge in [-0.1, -0.05) is 64.7 Å². The Hall–Kier alpha value is 0.230. The predicted octanol–water partition coefficient (Wildman–Crippen LogP) is -0.444. The summed E-state index contributed by atoms with van der Waals surface area (Å²) in [4.78, 5) is 10.1. The minimum Gasteiger partial charge on any atom is -0.532 e. The first kappa shape index (κ1) is 20.5. The normalized spacial score (nSPS) is 11.7. The average Bonchev–Trinajstić information content (AvgIpc) is 2.26. The standard InChI is InChI=1S/C13H27NO3.Na/c1-2-3-4-5-6-7-8-9-10-11-12(14)17-13(15)16;/h12H,2-11,14H2,1H3,(H,15,16);/q;+1/p-1. The van der Waals surface area contributed by atoms with Gasteiger partial charge >= 0.3 is 29.6 Å². The van der Waals surface area contributed by atoms with Crippen molar-refractivity contribution >= 4 is 6.16 Å². The SMILES string of the molecule is CCCCCCCCCCCC(N)OC(=O)[O-].[Na+]. The van der Waals surface area contributed by atoms with E-state index in [-0.39, 0.29) is 29.6 Å². The van der Waals surface area contributed by atoms with E-state index >= 15 is 0 Å². The van der Waals surface area contributed by atoms with E-state index in [4.69, 9.17) is 5.73 Å². The Morgan fingerprint density at radius 2 is 1.50 bits per heavy atom. The molecule has 18 heavy (non-hydrogen) atoms. The van der Waals surface area contributed by atoms with Crippen molar-refractivity contribution < 1.29 is 44.2 Å². The summed E-state index contributed by atoms with van der Waals surface area (Å²) in [7, 11) is 0. The van der Waals surface area contributed by atoms with Crippen LogP contribution in [-0.2, 0) is 4.74 Å². The van der Waals surface area contributed by atoms with Crippen LogP contribution in [-0.4, -0.2) is 12.4 Å². The van der Waals surface area contributed by atoms with E-state index in [2.05, 4.69) is 11.7 Å². The number of carbonyl (C=O) groups excluding carboxylic acids is 1. The molecule has 0 aromatic heterocycles. The molecule has 1 atom stereocenters. The van der Waals surface area contributed by atoms with Gasteiger partial charge in [-0.3, -0.25) is 0 Å². The third-order valence-corrected chi connectivity index (χ3v) is 2.84. The molecule has 0 aromatic rings. The molecule has 0 spiro atoms. The van der Waals surface area contributed by atoms with Gasteiger partial charge < -0.3 is 20.4 Å². The fraction of sp³-hybridized carbons (Fsp3) is 0.923. The van der Waals surface area contributed by atoms with Crippen molar-refractivity contribution in [2.24, 2.45) is 5.73 Å². The Bertz CT molecular complexity index is 191. The van der Waals surface area contributed by atoms with Crippen LogP contribution in [0.3, 0.4) is 0 Å². The van der Waals surface area contributed by atoms with Gasteiger partial charge in [0.1, 0.15) is 0 Å². The second-order valence-corrected chi connectivity index (χ2v) is 4.52. The maximum Gasteiger partial charge on any atom is 1.00 e. The van der Waals surface area contributed by atoms with Gasteiger partial charge in [-0.05, 0) is 6.42 Å². The number of unbranched alkanes of at least 4 members (excludes halogenated alkanes) is 8. The molecular formula is C13H26NNaO3. The van der Waals surface area contributed by atoms with Gasteiger partial charge in [0.25, 0.3) is 6.16 Å². The van der Waals surface area contributed by atoms with E-state index in [0.717, 1.165) is 12.8 Å². The minimum absolute atomic E-state index is 0. The van der Waals surface area contributed by atoms with E-state index in [1.54, 1.807) is 0 Å². The van der Waals surface area contributed by atoms with Gasteiger partial charge in [-0.2, -0.15) is 0 Å². The largest absolute Gasteiger partial charge is 1.00 e. The van der Waals surface area contributed by atoms with Crippen LogP contribution in [0.2, 0.25) is 0 Å². The third kappa shape index (κ3) is 16.2. The summed E-state index contributed by atoms with van der Waals surface area (Å²) in [6, 6.07) is 0. The topological polar surface area (TPSA) is 75.4 Å². The molecular weight excluding hydrogens is 241 g/mol. The minimum atomic E-state index is -1.53. The maximum atomic E-state index is 10.1. The van der Waals surface area contributed by atoms with Crippen LogP contribution < -0.4 is 40.4 Å². The zero-order chi connectivity index (χ0) is 12.9. The molecule has 0 heterocycles. The van der Waals surface area contributed by atoms with Crippen LogP contribution in [0.5, 0.6) is 0 Å². The number of hydrogen-bond acceptors (Lipinski definition) is 4. The van der Waals surface area contributed by atoms with Crippen LogP contribution in [0.4, 0.5) is 4.79 Å². The number of carbonyl (C=O) groups is 1. The Morgan fingerprint density at radius 3 is 1.94 bits per heavy atom. The van der Waals surface area contributed by atoms with Gasteiger partial charge in [0, 0.05) is 0 Å². The van der Waals surface area contributed by atoms with E-state index in [0.29, 0.717) is 6.42 Å². The van der Waals surface area contributed by atoms with Crippen molar-refractivity contribution in [2.75, 3.05) is 0 Å². The van der Waals surface area contributed by atoms with Gasteiger partial charge in [0.15, 0.2) is 0 Å². The fourth-order valence-corrected chi connectivity index (χ4v) is 1.84. The molecule has 5 heteroatoms. The molecule has 0 amide bonds. The third-order valence-electron chi connectivity index (χ3n) is 2.84. The summed E-state index contributed by atoms with van der Waals surface area (Å²) >= 11 is 0. The van der Waals surface area contributed by atoms with Crippen molar-refractivity contribution in [3.63, 3.8) is 0 Å². The van der Waals surface area contributed by atoms with Crippen molar-refractivity contribution in [2.45, 2.75) is 77.4 Å². The first-order valence-corrected chi connectivity index (χ1v) is 6.80. The number of carboxylic acid groups (broad SMARTS) is 1. The van der Waals surface area contributed by atoms with Gasteiger partial charge in [0.2, 0.25) is 0 Å². The molecule has 2 N–H and O–H groups in total. The van der Waals surface area contributed by atoms with Crippen molar-refractivity contribution in [3.8, 4) is 0 Å². The van der Waals surface area contributed by atoms with Crippen LogP contribution in [0.25, 0.3) is 0 Å². The molecule has 0 saturated heterocycles. The van der Waals surface area contributed by atoms with Crippen LogP contribution in [0, 0.1) is 0 Å². The van der Waals surface area contributed by atoms with Crippen LogP contribution in [0.15, 0.2) is 0 Å². The molecule has 1 unspecified atom stereocenters. The molecule has 0 fully saturated rings. The molecule has 0 aromatic carbocycles. The molecule has 0 radical (unpaired) electrons. The van der Waals surface area contributed by atoms with Gasteiger partial charge in [-0.25, -0.2) is 0 Å². The van der Waals surface area contributed by atoms with E-state index in [1.807, 2.05) is 0 Å². The van der Waals surface area contributed by atoms with E-state index in [1.165, 1.54) is 44.9 Å². The number of rotatable bonds is 11. The molecule has 0 aliphatic rings. The Labute approximate surface area is 133 Å². The van der Waals surface area contributed by atoms with E-state index in [9.17, 15) is 9.90 Å². The molecule has 0 bridgehead atoms. The fourth-order valence-electron chi connectivity index (χ4n) is 1.84. The second-order valence-electron chi connectivity index (χ2n) is 4.52. The van der Waals surface area contributed by atoms with E-state index < -0.39 is 12.4 Å². The Kier molecular flexibility index (Phi) is 17.5. The summed E-state index contributed by atoms with van der Waals surface area (Å²) in [5, 5.41) is 10.1. The van der Waals surface area contributed by atoms with Crippen molar-refractivity contribution in [1.29, 1.82) is 0 Å². The zero-order valence-corrected chi connectivity index (χ0v) is 14.0. The van der Waals surface area contributed by atoms with Gasteiger partial charge in [-0.15, -0.1) is 0 Å². The first-order chi connectivity index (χ1) is 8.16. The van der Waals surface area contributed by atoms with Crippen molar-refractivity contribution in [3.05, 3.63) is 0 Å².